The number of carbonyl (C=O) groups excluding carboxylic acids is 1. The van der Waals surface area contributed by atoms with Crippen molar-refractivity contribution in [1.29, 1.82) is 0 Å². The van der Waals surface area contributed by atoms with E-state index in [9.17, 15) is 14.9 Å². The number of carbonyl (C=O) groups is 1. The van der Waals surface area contributed by atoms with Gasteiger partial charge in [0.05, 0.1) is 27.7 Å². The third-order valence-corrected chi connectivity index (χ3v) is 6.23. The molecule has 1 fully saturated rings. The van der Waals surface area contributed by atoms with Crippen molar-refractivity contribution in [2.75, 3.05) is 24.5 Å². The van der Waals surface area contributed by atoms with Crippen LogP contribution in [0.3, 0.4) is 0 Å². The van der Waals surface area contributed by atoms with Crippen LogP contribution < -0.4 is 4.90 Å². The number of rotatable bonds is 3. The Morgan fingerprint density at radius 1 is 1.23 bits per heavy atom. The van der Waals surface area contributed by atoms with Gasteiger partial charge < -0.3 is 9.80 Å². The summed E-state index contributed by atoms with van der Waals surface area (Å²) in [4.78, 5) is 36.9. The van der Waals surface area contributed by atoms with Gasteiger partial charge in [-0.3, -0.25) is 14.9 Å². The van der Waals surface area contributed by atoms with Crippen molar-refractivity contribution in [2.24, 2.45) is 5.92 Å². The molecule has 0 spiro atoms. The first-order valence-corrected chi connectivity index (χ1v) is 10.6. The summed E-state index contributed by atoms with van der Waals surface area (Å²) in [6.07, 6.45) is 2.89. The number of nitro groups is 1. The van der Waals surface area contributed by atoms with Gasteiger partial charge in [-0.15, -0.1) is 0 Å². The molecule has 3 heterocycles. The number of halogens is 1. The van der Waals surface area contributed by atoms with Gasteiger partial charge >= 0.3 is 0 Å². The van der Waals surface area contributed by atoms with Crippen LogP contribution in [0.1, 0.15) is 47.2 Å². The number of aromatic nitrogens is 2. The average molecular weight is 430 g/mol. The van der Waals surface area contributed by atoms with Crippen LogP contribution in [0.2, 0.25) is 5.02 Å². The van der Waals surface area contributed by atoms with Crippen molar-refractivity contribution < 1.29 is 9.72 Å². The zero-order valence-electron chi connectivity index (χ0n) is 17.1. The van der Waals surface area contributed by atoms with Gasteiger partial charge in [-0.05, 0) is 31.7 Å². The van der Waals surface area contributed by atoms with E-state index in [0.717, 1.165) is 48.8 Å². The van der Waals surface area contributed by atoms with E-state index in [2.05, 4.69) is 16.8 Å². The maximum atomic E-state index is 13.1. The van der Waals surface area contributed by atoms with Crippen LogP contribution in [0.5, 0.6) is 0 Å². The number of non-ortho nitro benzene ring substituents is 1. The fourth-order valence-corrected chi connectivity index (χ4v) is 4.39. The van der Waals surface area contributed by atoms with Crippen molar-refractivity contribution >= 4 is 29.0 Å². The molecule has 0 N–H and O–H groups in total. The van der Waals surface area contributed by atoms with E-state index in [0.29, 0.717) is 25.4 Å². The van der Waals surface area contributed by atoms with Crippen LogP contribution in [0.25, 0.3) is 0 Å². The van der Waals surface area contributed by atoms with Crippen molar-refractivity contribution in [1.82, 2.24) is 14.9 Å². The molecule has 0 aliphatic carbocycles. The van der Waals surface area contributed by atoms with E-state index in [1.807, 2.05) is 6.92 Å². The minimum atomic E-state index is -0.525. The molecule has 1 saturated heterocycles. The van der Waals surface area contributed by atoms with Gasteiger partial charge in [-0.25, -0.2) is 9.97 Å². The quantitative estimate of drug-likeness (QED) is 0.544. The van der Waals surface area contributed by atoms with Gasteiger partial charge in [-0.2, -0.15) is 0 Å². The second-order valence-corrected chi connectivity index (χ2v) is 8.49. The van der Waals surface area contributed by atoms with Crippen LogP contribution in [-0.2, 0) is 13.0 Å². The smallest absolute Gasteiger partial charge is 0.270 e. The molecule has 2 aliphatic rings. The standard InChI is InChI=1S/C21H24ClN5O3/c1-13-5-8-25(9-6-13)20-17-12-26(10-7-19(17)23-14(2)24-20)21(28)16-4-3-15(27(29)30)11-18(16)22/h3-4,11,13H,5-10,12H2,1-2H3. The van der Waals surface area contributed by atoms with E-state index in [4.69, 9.17) is 16.6 Å². The Labute approximate surface area is 180 Å². The predicted molar refractivity (Wildman–Crippen MR) is 114 cm³/mol. The lowest BCUT2D eigenvalue weighted by atomic mass is 9.98. The molecule has 0 unspecified atom stereocenters. The first kappa shape index (κ1) is 20.5. The highest BCUT2D eigenvalue weighted by molar-refractivity contribution is 6.34. The molecule has 0 bridgehead atoms. The topological polar surface area (TPSA) is 92.5 Å². The largest absolute Gasteiger partial charge is 0.356 e. The van der Waals surface area contributed by atoms with E-state index in [-0.39, 0.29) is 22.2 Å². The first-order valence-electron chi connectivity index (χ1n) is 10.2. The number of nitrogens with zero attached hydrogens (tertiary/aromatic N) is 5. The highest BCUT2D eigenvalue weighted by Gasteiger charge is 2.30. The first-order chi connectivity index (χ1) is 14.3. The fourth-order valence-electron chi connectivity index (χ4n) is 4.13. The molecule has 0 saturated carbocycles. The molecule has 0 atom stereocenters. The van der Waals surface area contributed by atoms with E-state index < -0.39 is 4.92 Å². The lowest BCUT2D eigenvalue weighted by molar-refractivity contribution is -0.384. The van der Waals surface area contributed by atoms with Crippen LogP contribution in [0.4, 0.5) is 11.5 Å². The minimum Gasteiger partial charge on any atom is -0.356 e. The van der Waals surface area contributed by atoms with Gasteiger partial charge in [0.25, 0.3) is 11.6 Å². The molecular formula is C21H24ClN5O3. The lowest BCUT2D eigenvalue weighted by Crippen LogP contribution is -2.40. The molecule has 2 aliphatic heterocycles. The molecule has 0 radical (unpaired) electrons. The molecule has 4 rings (SSSR count). The number of benzene rings is 1. The number of aryl methyl sites for hydroxylation is 1. The van der Waals surface area contributed by atoms with Crippen LogP contribution in [0, 0.1) is 23.0 Å². The summed E-state index contributed by atoms with van der Waals surface area (Å²) in [7, 11) is 0. The second-order valence-electron chi connectivity index (χ2n) is 8.09. The highest BCUT2D eigenvalue weighted by Crippen LogP contribution is 2.31. The Morgan fingerprint density at radius 2 is 1.97 bits per heavy atom. The summed E-state index contributed by atoms with van der Waals surface area (Å²) >= 11 is 6.19. The van der Waals surface area contributed by atoms with Gasteiger partial charge in [0, 0.05) is 43.8 Å². The molecule has 9 heteroatoms. The lowest BCUT2D eigenvalue weighted by Gasteiger charge is -2.36. The van der Waals surface area contributed by atoms with Gasteiger partial charge in [0.2, 0.25) is 0 Å². The zero-order chi connectivity index (χ0) is 21.4. The number of hydrogen-bond acceptors (Lipinski definition) is 6. The van der Waals surface area contributed by atoms with E-state index >= 15 is 0 Å². The Bertz CT molecular complexity index is 1000. The molecule has 158 valence electrons. The van der Waals surface area contributed by atoms with Crippen LogP contribution in [0.15, 0.2) is 18.2 Å². The highest BCUT2D eigenvalue weighted by atomic mass is 35.5. The molecule has 1 aromatic carbocycles. The summed E-state index contributed by atoms with van der Waals surface area (Å²) in [5, 5.41) is 11.0. The van der Waals surface area contributed by atoms with Crippen LogP contribution >= 0.6 is 11.6 Å². The van der Waals surface area contributed by atoms with Crippen molar-refractivity contribution in [3.63, 3.8) is 0 Å². The molecule has 30 heavy (non-hydrogen) atoms. The Balaban J connectivity index is 1.61. The minimum absolute atomic E-state index is 0.0883. The maximum absolute atomic E-state index is 13.1. The maximum Gasteiger partial charge on any atom is 0.270 e. The summed E-state index contributed by atoms with van der Waals surface area (Å²) < 4.78 is 0. The van der Waals surface area contributed by atoms with Crippen LogP contribution in [-0.4, -0.2) is 45.3 Å². The molecule has 1 amide bonds. The average Bonchev–Trinajstić information content (AvgIpc) is 2.73. The summed E-state index contributed by atoms with van der Waals surface area (Å²) in [5.41, 5.74) is 2.13. The Morgan fingerprint density at radius 3 is 2.63 bits per heavy atom. The third-order valence-electron chi connectivity index (χ3n) is 5.91. The fraction of sp³-hybridized carbons (Fsp3) is 0.476. The number of hydrogen-bond donors (Lipinski definition) is 0. The number of amides is 1. The van der Waals surface area contributed by atoms with Gasteiger partial charge in [0.15, 0.2) is 0 Å². The molecular weight excluding hydrogens is 406 g/mol. The van der Waals surface area contributed by atoms with E-state index in [1.54, 1.807) is 4.90 Å². The summed E-state index contributed by atoms with van der Waals surface area (Å²) in [6.45, 7) is 7.00. The molecule has 8 nitrogen and oxygen atoms in total. The number of fused-ring (bicyclic) bond motifs is 1. The Hall–Kier alpha value is -2.74. The van der Waals surface area contributed by atoms with Crippen molar-refractivity contribution in [3.05, 3.63) is 56.0 Å². The number of nitro benzene ring substituents is 1. The SMILES string of the molecule is Cc1nc2c(c(N3CCC(C)CC3)n1)CN(C(=O)c1ccc([N+](=O)[O-])cc1Cl)CC2. The normalized spacial score (nSPS) is 17.0. The predicted octanol–water partition coefficient (Wildman–Crippen LogP) is 3.78. The van der Waals surface area contributed by atoms with Gasteiger partial charge in [-0.1, -0.05) is 18.5 Å². The number of piperidine rings is 1. The summed E-state index contributed by atoms with van der Waals surface area (Å²) in [6, 6.07) is 3.96. The molecule has 2 aromatic rings. The second kappa shape index (κ2) is 8.18. The molecule has 1 aromatic heterocycles. The van der Waals surface area contributed by atoms with Crippen molar-refractivity contribution in [3.8, 4) is 0 Å². The summed E-state index contributed by atoms with van der Waals surface area (Å²) in [5.74, 6) is 2.15. The zero-order valence-corrected chi connectivity index (χ0v) is 17.9. The van der Waals surface area contributed by atoms with E-state index in [1.165, 1.54) is 18.2 Å². The monoisotopic (exact) mass is 429 g/mol. The Kier molecular flexibility index (Phi) is 5.60. The number of anilines is 1. The van der Waals surface area contributed by atoms with Crippen molar-refractivity contribution in [2.45, 2.75) is 39.7 Å². The van der Waals surface area contributed by atoms with Gasteiger partial charge in [0.1, 0.15) is 11.6 Å². The third kappa shape index (κ3) is 3.96.